The van der Waals surface area contributed by atoms with Crippen LogP contribution < -0.4 is 0 Å². The number of rotatable bonds is 0. The average molecular weight is 184 g/mol. The number of hydrogen-bond donors (Lipinski definition) is 0. The van der Waals surface area contributed by atoms with Gasteiger partial charge in [-0.3, -0.25) is 0 Å². The van der Waals surface area contributed by atoms with Crippen molar-refractivity contribution in [1.82, 2.24) is 0 Å². The Morgan fingerprint density at radius 3 is 2.57 bits per heavy atom. The highest BCUT2D eigenvalue weighted by molar-refractivity contribution is 6.07. The van der Waals surface area contributed by atoms with Crippen molar-refractivity contribution < 1.29 is 10.2 Å². The smallest absolute Gasteiger partial charge is 0.184 e. The van der Waals surface area contributed by atoms with E-state index in [9.17, 15) is 10.2 Å². The Morgan fingerprint density at radius 2 is 1.79 bits per heavy atom. The highest BCUT2D eigenvalue weighted by Gasteiger charge is 2.42. The van der Waals surface area contributed by atoms with Crippen LogP contribution in [0.2, 0.25) is 0 Å². The fourth-order valence-corrected chi connectivity index (χ4v) is 2.22. The van der Waals surface area contributed by atoms with Gasteiger partial charge in [-0.2, -0.15) is 10.2 Å². The van der Waals surface area contributed by atoms with Gasteiger partial charge in [-0.15, -0.1) is 0 Å². The van der Waals surface area contributed by atoms with Crippen molar-refractivity contribution in [3.05, 3.63) is 47.5 Å². The summed E-state index contributed by atoms with van der Waals surface area (Å²) >= 11 is 0. The zero-order chi connectivity index (χ0) is 9.76. The largest absolute Gasteiger partial charge is 0.278 e. The lowest BCUT2D eigenvalue weighted by Crippen LogP contribution is -2.31. The maximum atomic E-state index is 11.6. The maximum Gasteiger partial charge on any atom is 0.278 e. The lowest BCUT2D eigenvalue weighted by atomic mass is 9.73. The molecule has 0 fully saturated rings. The molecule has 0 atom stereocenters. The summed E-state index contributed by atoms with van der Waals surface area (Å²) in [5.74, 6) is -2.26. The minimum Gasteiger partial charge on any atom is -0.184 e. The summed E-state index contributed by atoms with van der Waals surface area (Å²) < 4.78 is 0. The normalized spacial score (nSPS) is 21.3. The second-order valence-corrected chi connectivity index (χ2v) is 3.67. The fourth-order valence-electron chi connectivity index (χ4n) is 2.22. The van der Waals surface area contributed by atoms with E-state index >= 15 is 0 Å². The Kier molecular flexibility index (Phi) is 1.34. The molecule has 14 heavy (non-hydrogen) atoms. The lowest BCUT2D eigenvalue weighted by molar-refractivity contribution is -0.161. The van der Waals surface area contributed by atoms with E-state index < -0.39 is 5.79 Å². The quantitative estimate of drug-likeness (QED) is 0.439. The van der Waals surface area contributed by atoms with E-state index in [1.165, 1.54) is 6.08 Å². The molecule has 2 radical (unpaired) electrons. The number of benzene rings is 1. The topological polar surface area (TPSA) is 39.8 Å². The van der Waals surface area contributed by atoms with Crippen molar-refractivity contribution in [2.24, 2.45) is 0 Å². The number of allylic oxidation sites excluding steroid dienone is 2. The van der Waals surface area contributed by atoms with Crippen molar-refractivity contribution in [2.45, 2.75) is 12.2 Å². The zero-order valence-corrected chi connectivity index (χ0v) is 7.49. The monoisotopic (exact) mass is 184 g/mol. The second-order valence-electron chi connectivity index (χ2n) is 3.67. The number of fused-ring (bicyclic) bond motifs is 3. The van der Waals surface area contributed by atoms with Gasteiger partial charge in [0.05, 0.1) is 0 Å². The summed E-state index contributed by atoms with van der Waals surface area (Å²) in [5.41, 5.74) is 3.31. The fraction of sp³-hybridized carbons (Fsp3) is 0.167. The first-order chi connectivity index (χ1) is 6.70. The van der Waals surface area contributed by atoms with Crippen molar-refractivity contribution in [3.63, 3.8) is 0 Å². The first-order valence-electron chi connectivity index (χ1n) is 4.62. The molecule has 0 bridgehead atoms. The molecule has 2 heteroatoms. The van der Waals surface area contributed by atoms with E-state index in [1.807, 2.05) is 24.3 Å². The predicted molar refractivity (Wildman–Crippen MR) is 51.1 cm³/mol. The van der Waals surface area contributed by atoms with E-state index in [2.05, 4.69) is 0 Å². The van der Waals surface area contributed by atoms with Crippen molar-refractivity contribution in [3.8, 4) is 0 Å². The van der Waals surface area contributed by atoms with Crippen LogP contribution in [0, 0.1) is 0 Å². The van der Waals surface area contributed by atoms with Crippen LogP contribution >= 0.6 is 0 Å². The Hall–Kier alpha value is -1.38. The first-order valence-corrected chi connectivity index (χ1v) is 4.62. The third kappa shape index (κ3) is 0.820. The average Bonchev–Trinajstić information content (AvgIpc) is 2.12. The van der Waals surface area contributed by atoms with Gasteiger partial charge in [-0.05, 0) is 29.2 Å². The highest BCUT2D eigenvalue weighted by Crippen LogP contribution is 2.50. The molecule has 2 nitrogen and oxygen atoms in total. The summed E-state index contributed by atoms with van der Waals surface area (Å²) in [5, 5.41) is 23.2. The molecule has 2 aliphatic rings. The third-order valence-electron chi connectivity index (χ3n) is 2.83. The van der Waals surface area contributed by atoms with E-state index in [4.69, 9.17) is 0 Å². The molecule has 0 unspecified atom stereocenters. The Labute approximate surface area is 81.8 Å². The van der Waals surface area contributed by atoms with Crippen LogP contribution in [0.5, 0.6) is 0 Å². The molecule has 0 saturated heterocycles. The van der Waals surface area contributed by atoms with Gasteiger partial charge >= 0.3 is 0 Å². The molecule has 0 heterocycles. The summed E-state index contributed by atoms with van der Waals surface area (Å²) in [6.45, 7) is 0. The van der Waals surface area contributed by atoms with Crippen LogP contribution in [0.25, 0.3) is 11.1 Å². The van der Waals surface area contributed by atoms with Crippen LogP contribution in [0.1, 0.15) is 17.5 Å². The molecular formula is C12H8O2. The second kappa shape index (κ2) is 2.35. The SMILES string of the molecule is [O]C1([O])C=CCC2=C1c1ccccc12. The summed E-state index contributed by atoms with van der Waals surface area (Å²) in [7, 11) is 0. The van der Waals surface area contributed by atoms with Gasteiger partial charge < -0.3 is 0 Å². The van der Waals surface area contributed by atoms with Gasteiger partial charge in [0.25, 0.3) is 5.79 Å². The minimum absolute atomic E-state index is 0.454. The molecule has 1 aromatic rings. The molecule has 0 N–H and O–H groups in total. The van der Waals surface area contributed by atoms with Gasteiger partial charge in [-0.1, -0.05) is 30.3 Å². The maximum absolute atomic E-state index is 11.6. The molecule has 68 valence electrons. The van der Waals surface area contributed by atoms with Gasteiger partial charge in [0.2, 0.25) is 0 Å². The predicted octanol–water partition coefficient (Wildman–Crippen LogP) is 2.43. The summed E-state index contributed by atoms with van der Waals surface area (Å²) in [6.07, 6.45) is 3.62. The Bertz CT molecular complexity index is 467. The van der Waals surface area contributed by atoms with E-state index in [0.717, 1.165) is 23.1 Å². The lowest BCUT2D eigenvalue weighted by Gasteiger charge is -2.34. The zero-order valence-electron chi connectivity index (χ0n) is 7.49. The summed E-state index contributed by atoms with van der Waals surface area (Å²) in [4.78, 5) is 0. The van der Waals surface area contributed by atoms with Crippen molar-refractivity contribution in [1.29, 1.82) is 0 Å². The molecule has 0 saturated carbocycles. The first kappa shape index (κ1) is 7.97. The van der Waals surface area contributed by atoms with Crippen LogP contribution in [-0.2, 0) is 10.2 Å². The van der Waals surface area contributed by atoms with Gasteiger partial charge in [0.15, 0.2) is 0 Å². The van der Waals surface area contributed by atoms with E-state index in [1.54, 1.807) is 6.08 Å². The molecule has 0 spiro atoms. The van der Waals surface area contributed by atoms with Crippen LogP contribution in [0.4, 0.5) is 0 Å². The Morgan fingerprint density at radius 1 is 1.07 bits per heavy atom. The third-order valence-corrected chi connectivity index (χ3v) is 2.83. The summed E-state index contributed by atoms with van der Waals surface area (Å²) in [6, 6.07) is 7.59. The standard InChI is InChI=1S/C12H8O2/c13-12(14)7-3-6-10-8-4-1-2-5-9(8)11(10)12/h1-5,7H,6H2. The highest BCUT2D eigenvalue weighted by atomic mass is 16.5. The van der Waals surface area contributed by atoms with Crippen molar-refractivity contribution in [2.75, 3.05) is 0 Å². The molecule has 2 aliphatic carbocycles. The molecule has 3 rings (SSSR count). The molecule has 1 aromatic carbocycles. The molecule has 0 amide bonds. The van der Waals surface area contributed by atoms with Crippen LogP contribution in [-0.4, -0.2) is 5.79 Å². The van der Waals surface area contributed by atoms with Crippen LogP contribution in [0.3, 0.4) is 0 Å². The van der Waals surface area contributed by atoms with Gasteiger partial charge in [0, 0.05) is 5.57 Å². The van der Waals surface area contributed by atoms with E-state index in [0.29, 0.717) is 5.57 Å². The van der Waals surface area contributed by atoms with Gasteiger partial charge in [-0.25, -0.2) is 0 Å². The van der Waals surface area contributed by atoms with Crippen LogP contribution in [0.15, 0.2) is 36.4 Å². The van der Waals surface area contributed by atoms with Crippen molar-refractivity contribution >= 4 is 11.1 Å². The van der Waals surface area contributed by atoms with E-state index in [-0.39, 0.29) is 0 Å². The number of hydrogen-bond acceptors (Lipinski definition) is 0. The molecule has 0 aromatic heterocycles. The minimum atomic E-state index is -2.26. The molecular weight excluding hydrogens is 176 g/mol. The van der Waals surface area contributed by atoms with Gasteiger partial charge in [0.1, 0.15) is 0 Å². The molecule has 0 aliphatic heterocycles. The Balaban J connectivity index is 2.19.